The Labute approximate surface area is 152 Å². The number of carbonyl (C=O) groups is 2. The third-order valence-electron chi connectivity index (χ3n) is 5.29. The van der Waals surface area contributed by atoms with Gasteiger partial charge in [0, 0.05) is 31.1 Å². The summed E-state index contributed by atoms with van der Waals surface area (Å²) in [6.07, 6.45) is 4.50. The van der Waals surface area contributed by atoms with Crippen molar-refractivity contribution in [3.63, 3.8) is 0 Å². The first-order valence-electron chi connectivity index (χ1n) is 8.58. The van der Waals surface area contributed by atoms with E-state index in [2.05, 4.69) is 22.6 Å². The van der Waals surface area contributed by atoms with Crippen LogP contribution in [0.1, 0.15) is 43.0 Å². The van der Waals surface area contributed by atoms with Gasteiger partial charge in [0.05, 0.1) is 23.4 Å². The lowest BCUT2D eigenvalue weighted by molar-refractivity contribution is -0.114. The van der Waals surface area contributed by atoms with Crippen molar-refractivity contribution in [1.29, 1.82) is 0 Å². The van der Waals surface area contributed by atoms with Crippen molar-refractivity contribution in [2.24, 2.45) is 0 Å². The molecule has 1 aromatic carbocycles. The number of hydrogen-bond acceptors (Lipinski definition) is 4. The van der Waals surface area contributed by atoms with Crippen LogP contribution < -0.4 is 15.4 Å². The first-order chi connectivity index (χ1) is 11.9. The molecule has 0 spiro atoms. The number of methoxy groups -OCH3 is 1. The van der Waals surface area contributed by atoms with E-state index in [-0.39, 0.29) is 17.9 Å². The SMILES string of the molecule is COc1cc(NC(C)=O)c(Cl)cc1C(=O)NC1CC2CCCC1N2C. The molecular weight excluding hydrogens is 342 g/mol. The number of halogens is 1. The Morgan fingerprint density at radius 2 is 2.08 bits per heavy atom. The average Bonchev–Trinajstić information content (AvgIpc) is 2.73. The van der Waals surface area contributed by atoms with E-state index < -0.39 is 0 Å². The van der Waals surface area contributed by atoms with E-state index in [0.717, 1.165) is 12.8 Å². The summed E-state index contributed by atoms with van der Waals surface area (Å²) in [4.78, 5) is 26.4. The van der Waals surface area contributed by atoms with E-state index in [1.165, 1.54) is 26.9 Å². The van der Waals surface area contributed by atoms with E-state index in [1.54, 1.807) is 12.1 Å². The number of amides is 2. The quantitative estimate of drug-likeness (QED) is 0.860. The first-order valence-corrected chi connectivity index (χ1v) is 8.96. The second kappa shape index (κ2) is 7.22. The second-order valence-corrected chi connectivity index (χ2v) is 7.25. The molecule has 1 aromatic rings. The second-order valence-electron chi connectivity index (χ2n) is 6.85. The van der Waals surface area contributed by atoms with Crippen molar-refractivity contribution in [1.82, 2.24) is 10.2 Å². The van der Waals surface area contributed by atoms with E-state index in [4.69, 9.17) is 16.3 Å². The molecule has 2 fully saturated rings. The van der Waals surface area contributed by atoms with Gasteiger partial charge in [-0.15, -0.1) is 0 Å². The number of hydrogen-bond donors (Lipinski definition) is 2. The summed E-state index contributed by atoms with van der Waals surface area (Å²) in [5, 5.41) is 6.10. The van der Waals surface area contributed by atoms with Crippen LogP contribution >= 0.6 is 11.6 Å². The van der Waals surface area contributed by atoms with Gasteiger partial charge >= 0.3 is 0 Å². The Morgan fingerprint density at radius 3 is 2.72 bits per heavy atom. The highest BCUT2D eigenvalue weighted by Crippen LogP contribution is 2.35. The maximum Gasteiger partial charge on any atom is 0.255 e. The van der Waals surface area contributed by atoms with Crippen LogP contribution in [0.15, 0.2) is 12.1 Å². The Bertz CT molecular complexity index is 694. The van der Waals surface area contributed by atoms with Crippen LogP contribution in [0, 0.1) is 0 Å². The number of carbonyl (C=O) groups excluding carboxylic acids is 2. The number of nitrogens with zero attached hydrogens (tertiary/aromatic N) is 1. The Balaban J connectivity index is 1.80. The zero-order valence-corrected chi connectivity index (χ0v) is 15.5. The summed E-state index contributed by atoms with van der Waals surface area (Å²) in [6, 6.07) is 4.21. The molecule has 2 bridgehead atoms. The molecule has 6 nitrogen and oxygen atoms in total. The number of nitrogens with one attached hydrogen (secondary N) is 2. The fourth-order valence-electron chi connectivity index (χ4n) is 4.05. The lowest BCUT2D eigenvalue weighted by Gasteiger charge is -2.32. The van der Waals surface area contributed by atoms with Gasteiger partial charge in [-0.05, 0) is 32.4 Å². The minimum absolute atomic E-state index is 0.142. The molecule has 0 aromatic heterocycles. The first kappa shape index (κ1) is 18.0. The number of fused-ring (bicyclic) bond motifs is 2. The molecule has 3 rings (SSSR count). The maximum atomic E-state index is 12.8. The van der Waals surface area contributed by atoms with E-state index in [1.807, 2.05) is 0 Å². The van der Waals surface area contributed by atoms with Gasteiger partial charge in [0.1, 0.15) is 5.75 Å². The van der Waals surface area contributed by atoms with Gasteiger partial charge in [0.25, 0.3) is 5.91 Å². The number of likely N-dealkylation sites (N-methyl/N-ethyl adjacent to an activating group) is 1. The van der Waals surface area contributed by atoms with Crippen LogP contribution in [0.4, 0.5) is 5.69 Å². The number of ether oxygens (including phenoxy) is 1. The summed E-state index contributed by atoms with van der Waals surface area (Å²) >= 11 is 6.22. The molecule has 2 heterocycles. The molecule has 2 saturated heterocycles. The molecule has 0 saturated carbocycles. The molecule has 25 heavy (non-hydrogen) atoms. The van der Waals surface area contributed by atoms with Crippen molar-refractivity contribution in [2.75, 3.05) is 19.5 Å². The van der Waals surface area contributed by atoms with Crippen molar-refractivity contribution < 1.29 is 14.3 Å². The molecule has 3 unspecified atom stereocenters. The lowest BCUT2D eigenvalue weighted by Crippen LogP contribution is -2.45. The third-order valence-corrected chi connectivity index (χ3v) is 5.60. The number of benzene rings is 1. The molecule has 2 N–H and O–H groups in total. The van der Waals surface area contributed by atoms with Crippen LogP contribution in [-0.4, -0.2) is 49.0 Å². The summed E-state index contributed by atoms with van der Waals surface area (Å²) in [7, 11) is 3.63. The van der Waals surface area contributed by atoms with E-state index in [0.29, 0.717) is 34.1 Å². The third kappa shape index (κ3) is 3.60. The molecule has 136 valence electrons. The van der Waals surface area contributed by atoms with Gasteiger partial charge in [-0.3, -0.25) is 14.5 Å². The van der Waals surface area contributed by atoms with Crippen molar-refractivity contribution in [2.45, 2.75) is 50.7 Å². The van der Waals surface area contributed by atoms with Gasteiger partial charge in [0.15, 0.2) is 0 Å². The molecule has 0 radical (unpaired) electrons. The molecular formula is C18H24ClN3O3. The fraction of sp³-hybridized carbons (Fsp3) is 0.556. The lowest BCUT2D eigenvalue weighted by atomic mass is 10.0. The van der Waals surface area contributed by atoms with Gasteiger partial charge < -0.3 is 15.4 Å². The molecule has 0 aliphatic carbocycles. The molecule has 7 heteroatoms. The Morgan fingerprint density at radius 1 is 1.32 bits per heavy atom. The zero-order chi connectivity index (χ0) is 18.1. The highest BCUT2D eigenvalue weighted by Gasteiger charge is 2.42. The van der Waals surface area contributed by atoms with Crippen LogP contribution in [0.25, 0.3) is 0 Å². The van der Waals surface area contributed by atoms with Gasteiger partial charge in [-0.2, -0.15) is 0 Å². The standard InChI is InChI=1S/C18H24ClN3O3/c1-10(23)20-14-9-17(25-3)12(8-13(14)19)18(24)21-15-7-11-5-4-6-16(15)22(11)2/h8-9,11,15-16H,4-7H2,1-3H3,(H,20,23)(H,21,24). The van der Waals surface area contributed by atoms with Gasteiger partial charge in [-0.25, -0.2) is 0 Å². The van der Waals surface area contributed by atoms with Gasteiger partial charge in [0.2, 0.25) is 5.91 Å². The normalized spacial score (nSPS) is 25.5. The van der Waals surface area contributed by atoms with E-state index in [9.17, 15) is 9.59 Å². The summed E-state index contributed by atoms with van der Waals surface area (Å²) < 4.78 is 5.33. The Hall–Kier alpha value is -1.79. The fourth-order valence-corrected chi connectivity index (χ4v) is 4.26. The topological polar surface area (TPSA) is 70.7 Å². The van der Waals surface area contributed by atoms with E-state index >= 15 is 0 Å². The minimum Gasteiger partial charge on any atom is -0.496 e. The number of anilines is 1. The van der Waals surface area contributed by atoms with Crippen LogP contribution in [0.3, 0.4) is 0 Å². The predicted molar refractivity (Wildman–Crippen MR) is 97.4 cm³/mol. The van der Waals surface area contributed by atoms with Crippen LogP contribution in [0.2, 0.25) is 5.02 Å². The maximum absolute atomic E-state index is 12.8. The van der Waals surface area contributed by atoms with Gasteiger partial charge in [-0.1, -0.05) is 18.0 Å². The van der Waals surface area contributed by atoms with Crippen molar-refractivity contribution in [3.8, 4) is 5.75 Å². The largest absolute Gasteiger partial charge is 0.496 e. The van der Waals surface area contributed by atoms with Crippen molar-refractivity contribution >= 4 is 29.1 Å². The molecule has 2 aliphatic rings. The van der Waals surface area contributed by atoms with Crippen LogP contribution in [-0.2, 0) is 4.79 Å². The smallest absolute Gasteiger partial charge is 0.255 e. The van der Waals surface area contributed by atoms with Crippen molar-refractivity contribution in [3.05, 3.63) is 22.7 Å². The summed E-state index contributed by atoms with van der Waals surface area (Å²) in [5.41, 5.74) is 0.810. The molecule has 2 amide bonds. The molecule has 2 aliphatic heterocycles. The summed E-state index contributed by atoms with van der Waals surface area (Å²) in [5.74, 6) is -0.0403. The number of piperidine rings is 1. The van der Waals surface area contributed by atoms with Crippen LogP contribution in [0.5, 0.6) is 5.75 Å². The highest BCUT2D eigenvalue weighted by atomic mass is 35.5. The average molecular weight is 366 g/mol. The monoisotopic (exact) mass is 365 g/mol. The number of rotatable bonds is 4. The minimum atomic E-state index is -0.234. The summed E-state index contributed by atoms with van der Waals surface area (Å²) in [6.45, 7) is 1.40. The molecule has 3 atom stereocenters. The highest BCUT2D eigenvalue weighted by molar-refractivity contribution is 6.34. The Kier molecular flexibility index (Phi) is 5.20. The predicted octanol–water partition coefficient (Wildman–Crippen LogP) is 2.66. The zero-order valence-electron chi connectivity index (χ0n) is 14.8.